The van der Waals surface area contributed by atoms with Gasteiger partial charge in [0.25, 0.3) is 0 Å². The Balaban J connectivity index is 0.000000240. The van der Waals surface area contributed by atoms with Crippen LogP contribution in [0.25, 0.3) is 6.08 Å². The fraction of sp³-hybridized carbons (Fsp3) is 0.200. The highest BCUT2D eigenvalue weighted by atomic mass is 16.5. The lowest BCUT2D eigenvalue weighted by Gasteiger charge is -2.04. The van der Waals surface area contributed by atoms with Crippen molar-refractivity contribution in [2.45, 2.75) is 13.3 Å². The summed E-state index contributed by atoms with van der Waals surface area (Å²) in [5, 5.41) is 18.5. The molecule has 0 aromatic heterocycles. The summed E-state index contributed by atoms with van der Waals surface area (Å²) in [4.78, 5) is 0. The molecule has 0 aliphatic heterocycles. The molecule has 0 aliphatic carbocycles. The van der Waals surface area contributed by atoms with Crippen LogP contribution >= 0.6 is 0 Å². The Morgan fingerprint density at radius 2 is 1.54 bits per heavy atom. The Kier molecular flexibility index (Phi) is 7.99. The van der Waals surface area contributed by atoms with Gasteiger partial charge in [0.05, 0.1) is 14.2 Å². The Morgan fingerprint density at radius 3 is 2.08 bits per heavy atom. The Morgan fingerprint density at radius 1 is 0.958 bits per heavy atom. The number of benzene rings is 2. The van der Waals surface area contributed by atoms with Crippen molar-refractivity contribution < 1.29 is 19.7 Å². The van der Waals surface area contributed by atoms with Crippen molar-refractivity contribution >= 4 is 6.08 Å². The second-order valence-electron chi connectivity index (χ2n) is 4.93. The number of allylic oxidation sites excluding steroid dienone is 2. The fourth-order valence-corrected chi connectivity index (χ4v) is 2.01. The van der Waals surface area contributed by atoms with Gasteiger partial charge in [0.2, 0.25) is 0 Å². The monoisotopic (exact) mass is 328 g/mol. The summed E-state index contributed by atoms with van der Waals surface area (Å²) < 4.78 is 9.90. The summed E-state index contributed by atoms with van der Waals surface area (Å²) in [6.45, 7) is 5.57. The molecule has 0 heterocycles. The normalized spacial score (nSPS) is 9.96. The molecule has 4 heteroatoms. The van der Waals surface area contributed by atoms with E-state index in [1.54, 1.807) is 24.3 Å². The second kappa shape index (κ2) is 10.0. The van der Waals surface area contributed by atoms with E-state index < -0.39 is 0 Å². The quantitative estimate of drug-likeness (QED) is 0.790. The van der Waals surface area contributed by atoms with Crippen LogP contribution in [-0.2, 0) is 6.42 Å². The largest absolute Gasteiger partial charge is 0.504 e. The van der Waals surface area contributed by atoms with Crippen molar-refractivity contribution in [2.24, 2.45) is 0 Å². The SMILES string of the molecule is C=CCc1ccc(O)c(OC)c1.CC=Cc1ccc(O)c(OC)c1. The Hall–Kier alpha value is -2.88. The highest BCUT2D eigenvalue weighted by Crippen LogP contribution is 2.27. The van der Waals surface area contributed by atoms with E-state index in [1.165, 1.54) is 14.2 Å². The average Bonchev–Trinajstić information content (AvgIpc) is 2.59. The number of hydrogen-bond donors (Lipinski definition) is 2. The average molecular weight is 328 g/mol. The molecule has 2 aromatic carbocycles. The lowest BCUT2D eigenvalue weighted by Crippen LogP contribution is -1.86. The smallest absolute Gasteiger partial charge is 0.161 e. The number of phenols is 2. The van der Waals surface area contributed by atoms with Gasteiger partial charge in [-0.1, -0.05) is 30.4 Å². The molecule has 0 saturated carbocycles. The van der Waals surface area contributed by atoms with E-state index in [1.807, 2.05) is 37.3 Å². The number of ether oxygens (including phenoxy) is 2. The van der Waals surface area contributed by atoms with Gasteiger partial charge in [0.15, 0.2) is 23.0 Å². The summed E-state index contributed by atoms with van der Waals surface area (Å²) >= 11 is 0. The van der Waals surface area contributed by atoms with Crippen LogP contribution in [0.2, 0.25) is 0 Å². The summed E-state index contributed by atoms with van der Waals surface area (Å²) in [6, 6.07) is 10.5. The molecule has 0 radical (unpaired) electrons. The maximum atomic E-state index is 9.25. The summed E-state index contributed by atoms with van der Waals surface area (Å²) in [6.07, 6.45) is 6.48. The third kappa shape index (κ3) is 5.72. The molecule has 0 atom stereocenters. The van der Waals surface area contributed by atoms with E-state index >= 15 is 0 Å². The number of aromatic hydroxyl groups is 2. The molecular formula is C20H24O4. The Labute approximate surface area is 143 Å². The predicted octanol–water partition coefficient (Wildman–Crippen LogP) is 4.56. The van der Waals surface area contributed by atoms with Gasteiger partial charge in [-0.15, -0.1) is 6.58 Å². The molecule has 128 valence electrons. The first-order chi connectivity index (χ1) is 11.5. The van der Waals surface area contributed by atoms with E-state index in [0.29, 0.717) is 11.5 Å². The van der Waals surface area contributed by atoms with Gasteiger partial charge in [0.1, 0.15) is 0 Å². The third-order valence-electron chi connectivity index (χ3n) is 3.19. The first-order valence-electron chi connectivity index (χ1n) is 7.52. The van der Waals surface area contributed by atoms with Crippen molar-refractivity contribution in [3.63, 3.8) is 0 Å². The van der Waals surface area contributed by atoms with E-state index in [9.17, 15) is 10.2 Å². The summed E-state index contributed by atoms with van der Waals surface area (Å²) in [7, 11) is 3.07. The summed E-state index contributed by atoms with van der Waals surface area (Å²) in [5.74, 6) is 1.36. The van der Waals surface area contributed by atoms with E-state index in [2.05, 4.69) is 6.58 Å². The van der Waals surface area contributed by atoms with E-state index in [4.69, 9.17) is 9.47 Å². The molecule has 0 spiro atoms. The van der Waals surface area contributed by atoms with Crippen molar-refractivity contribution in [1.29, 1.82) is 0 Å². The third-order valence-corrected chi connectivity index (χ3v) is 3.19. The zero-order chi connectivity index (χ0) is 17.9. The molecule has 0 fully saturated rings. The zero-order valence-electron chi connectivity index (χ0n) is 14.3. The molecular weight excluding hydrogens is 304 g/mol. The van der Waals surface area contributed by atoms with Crippen LogP contribution in [0.15, 0.2) is 55.1 Å². The Bertz CT molecular complexity index is 690. The first kappa shape index (κ1) is 19.2. The van der Waals surface area contributed by atoms with Gasteiger partial charge in [-0.25, -0.2) is 0 Å². The summed E-state index contributed by atoms with van der Waals surface area (Å²) in [5.41, 5.74) is 2.10. The molecule has 0 aliphatic rings. The molecule has 0 bridgehead atoms. The van der Waals surface area contributed by atoms with Crippen LogP contribution in [0.3, 0.4) is 0 Å². The van der Waals surface area contributed by atoms with Crippen molar-refractivity contribution in [1.82, 2.24) is 0 Å². The zero-order valence-corrected chi connectivity index (χ0v) is 14.3. The van der Waals surface area contributed by atoms with Gasteiger partial charge in [0, 0.05) is 0 Å². The molecule has 0 unspecified atom stereocenters. The first-order valence-corrected chi connectivity index (χ1v) is 7.52. The number of phenolic OH excluding ortho intramolecular Hbond substituents is 2. The van der Waals surface area contributed by atoms with Gasteiger partial charge in [-0.05, 0) is 48.7 Å². The number of hydrogen-bond acceptors (Lipinski definition) is 4. The second-order valence-corrected chi connectivity index (χ2v) is 4.93. The maximum Gasteiger partial charge on any atom is 0.161 e. The van der Waals surface area contributed by atoms with Gasteiger partial charge in [-0.3, -0.25) is 0 Å². The van der Waals surface area contributed by atoms with Crippen LogP contribution in [-0.4, -0.2) is 24.4 Å². The maximum absolute atomic E-state index is 9.25. The van der Waals surface area contributed by atoms with Crippen LogP contribution in [0.1, 0.15) is 18.1 Å². The van der Waals surface area contributed by atoms with Crippen LogP contribution in [0.5, 0.6) is 23.0 Å². The fourth-order valence-electron chi connectivity index (χ4n) is 2.01. The van der Waals surface area contributed by atoms with Crippen LogP contribution in [0.4, 0.5) is 0 Å². The topological polar surface area (TPSA) is 58.9 Å². The molecule has 2 N–H and O–H groups in total. The van der Waals surface area contributed by atoms with Gasteiger partial charge < -0.3 is 19.7 Å². The number of rotatable bonds is 5. The predicted molar refractivity (Wildman–Crippen MR) is 97.9 cm³/mol. The highest BCUT2D eigenvalue weighted by Gasteiger charge is 2.00. The molecule has 2 aromatic rings. The van der Waals surface area contributed by atoms with Crippen molar-refractivity contribution in [3.05, 3.63) is 66.3 Å². The van der Waals surface area contributed by atoms with E-state index in [-0.39, 0.29) is 11.5 Å². The minimum Gasteiger partial charge on any atom is -0.504 e. The van der Waals surface area contributed by atoms with Crippen LogP contribution < -0.4 is 9.47 Å². The van der Waals surface area contributed by atoms with Crippen molar-refractivity contribution in [3.8, 4) is 23.0 Å². The van der Waals surface area contributed by atoms with E-state index in [0.717, 1.165) is 17.5 Å². The minimum atomic E-state index is 0.172. The van der Waals surface area contributed by atoms with Gasteiger partial charge in [-0.2, -0.15) is 0 Å². The lowest BCUT2D eigenvalue weighted by molar-refractivity contribution is 0.373. The molecule has 24 heavy (non-hydrogen) atoms. The number of methoxy groups -OCH3 is 2. The molecule has 2 rings (SSSR count). The highest BCUT2D eigenvalue weighted by molar-refractivity contribution is 5.55. The lowest BCUT2D eigenvalue weighted by atomic mass is 10.1. The molecule has 0 saturated heterocycles. The molecule has 4 nitrogen and oxygen atoms in total. The minimum absolute atomic E-state index is 0.172. The van der Waals surface area contributed by atoms with Crippen molar-refractivity contribution in [2.75, 3.05) is 14.2 Å². The molecule has 0 amide bonds. The standard InChI is InChI=1S/2C10H12O2/c2*1-3-4-8-5-6-9(11)10(7-8)12-2/h3-7,11H,1-2H3;3,5-7,11H,1,4H2,2H3. The van der Waals surface area contributed by atoms with Crippen LogP contribution in [0, 0.1) is 0 Å². The van der Waals surface area contributed by atoms with Gasteiger partial charge >= 0.3 is 0 Å².